The molecule has 0 atom stereocenters. The van der Waals surface area contributed by atoms with Crippen molar-refractivity contribution in [1.29, 1.82) is 0 Å². The highest BCUT2D eigenvalue weighted by Gasteiger charge is 2.00. The van der Waals surface area contributed by atoms with Gasteiger partial charge in [-0.2, -0.15) is 0 Å². The molecule has 0 aromatic carbocycles. The predicted octanol–water partition coefficient (Wildman–Crippen LogP) is 2.07. The Bertz CT molecular complexity index is 297. The van der Waals surface area contributed by atoms with E-state index in [9.17, 15) is 4.79 Å². The number of allylic oxidation sites excluding steroid dienone is 2. The van der Waals surface area contributed by atoms with E-state index in [1.807, 2.05) is 26.0 Å². The topological polar surface area (TPSA) is 30.0 Å². The van der Waals surface area contributed by atoms with E-state index in [1.54, 1.807) is 12.4 Å². The van der Waals surface area contributed by atoms with Crippen molar-refractivity contribution in [2.24, 2.45) is 0 Å². The van der Waals surface area contributed by atoms with Gasteiger partial charge in [0.1, 0.15) is 0 Å². The predicted molar refractivity (Wildman–Crippen MR) is 48.6 cm³/mol. The fourth-order valence-electron chi connectivity index (χ4n) is 0.997. The van der Waals surface area contributed by atoms with Gasteiger partial charge in [-0.15, -0.1) is 0 Å². The first-order valence-corrected chi connectivity index (χ1v) is 3.78. The number of carbonyl (C=O) groups excluding carboxylic acids is 1. The van der Waals surface area contributed by atoms with Crippen molar-refractivity contribution in [1.82, 2.24) is 4.98 Å². The van der Waals surface area contributed by atoms with Gasteiger partial charge in [-0.3, -0.25) is 9.78 Å². The van der Waals surface area contributed by atoms with E-state index < -0.39 is 0 Å². The number of hydrogen-bond acceptors (Lipinski definition) is 2. The first-order valence-electron chi connectivity index (χ1n) is 3.78. The fraction of sp³-hybridized carbons (Fsp3) is 0.200. The molecule has 1 heterocycles. The first kappa shape index (κ1) is 8.65. The summed E-state index contributed by atoms with van der Waals surface area (Å²) >= 11 is 0. The molecule has 0 amide bonds. The zero-order valence-electron chi connectivity index (χ0n) is 7.24. The zero-order chi connectivity index (χ0) is 8.97. The van der Waals surface area contributed by atoms with Gasteiger partial charge in [0.2, 0.25) is 0 Å². The highest BCUT2D eigenvalue weighted by molar-refractivity contribution is 6.07. The number of pyridine rings is 1. The molecule has 0 fully saturated rings. The summed E-state index contributed by atoms with van der Waals surface area (Å²) in [7, 11) is 0. The standard InChI is InChI=1S/C10H11NO/c1-8(2)10(7-12)9-4-3-5-11-6-9/h3-7H,1-2H3. The Morgan fingerprint density at radius 2 is 2.25 bits per heavy atom. The third-order valence-electron chi connectivity index (χ3n) is 1.63. The van der Waals surface area contributed by atoms with Crippen LogP contribution in [0.15, 0.2) is 30.1 Å². The van der Waals surface area contributed by atoms with Crippen molar-refractivity contribution in [2.45, 2.75) is 13.8 Å². The van der Waals surface area contributed by atoms with Gasteiger partial charge in [0.25, 0.3) is 0 Å². The first-order chi connectivity index (χ1) is 5.75. The number of carbonyl (C=O) groups is 1. The maximum atomic E-state index is 10.7. The summed E-state index contributed by atoms with van der Waals surface area (Å²) in [5, 5.41) is 0. The lowest BCUT2D eigenvalue weighted by atomic mass is 10.1. The molecule has 0 N–H and O–H groups in total. The third-order valence-corrected chi connectivity index (χ3v) is 1.63. The van der Waals surface area contributed by atoms with E-state index in [0.29, 0.717) is 0 Å². The SMILES string of the molecule is CC(C)=C(C=O)c1cccnc1. The minimum atomic E-state index is 0.725. The molecule has 0 radical (unpaired) electrons. The number of aromatic nitrogens is 1. The summed E-state index contributed by atoms with van der Waals surface area (Å²) in [6.45, 7) is 3.83. The van der Waals surface area contributed by atoms with E-state index in [-0.39, 0.29) is 0 Å². The summed E-state index contributed by atoms with van der Waals surface area (Å²) < 4.78 is 0. The zero-order valence-corrected chi connectivity index (χ0v) is 7.24. The van der Waals surface area contributed by atoms with Gasteiger partial charge in [-0.25, -0.2) is 0 Å². The molecule has 0 aliphatic heterocycles. The van der Waals surface area contributed by atoms with Crippen LogP contribution in [0.3, 0.4) is 0 Å². The average molecular weight is 161 g/mol. The van der Waals surface area contributed by atoms with E-state index in [2.05, 4.69) is 4.98 Å². The Morgan fingerprint density at radius 3 is 2.67 bits per heavy atom. The molecule has 2 heteroatoms. The monoisotopic (exact) mass is 161 g/mol. The van der Waals surface area contributed by atoms with Crippen LogP contribution in [0.1, 0.15) is 19.4 Å². The minimum absolute atomic E-state index is 0.725. The van der Waals surface area contributed by atoms with Crippen LogP contribution in [0.4, 0.5) is 0 Å². The Morgan fingerprint density at radius 1 is 1.50 bits per heavy atom. The largest absolute Gasteiger partial charge is 0.298 e. The van der Waals surface area contributed by atoms with Crippen molar-refractivity contribution in [3.63, 3.8) is 0 Å². The average Bonchev–Trinajstić information content (AvgIpc) is 2.07. The summed E-state index contributed by atoms with van der Waals surface area (Å²) in [6.07, 6.45) is 4.25. The lowest BCUT2D eigenvalue weighted by Crippen LogP contribution is -1.88. The number of rotatable bonds is 2. The Labute approximate surface area is 71.9 Å². The van der Waals surface area contributed by atoms with E-state index in [0.717, 1.165) is 23.0 Å². The van der Waals surface area contributed by atoms with Gasteiger partial charge < -0.3 is 0 Å². The second kappa shape index (κ2) is 3.81. The van der Waals surface area contributed by atoms with Crippen LogP contribution in [0, 0.1) is 0 Å². The maximum absolute atomic E-state index is 10.7. The summed E-state index contributed by atoms with van der Waals surface area (Å²) in [5.41, 5.74) is 2.62. The van der Waals surface area contributed by atoms with Crippen molar-refractivity contribution in [3.8, 4) is 0 Å². The highest BCUT2D eigenvalue weighted by Crippen LogP contribution is 2.14. The van der Waals surface area contributed by atoms with Gasteiger partial charge >= 0.3 is 0 Å². The van der Waals surface area contributed by atoms with Crippen LogP contribution < -0.4 is 0 Å². The van der Waals surface area contributed by atoms with Crippen molar-refractivity contribution in [3.05, 3.63) is 35.7 Å². The number of hydrogen-bond donors (Lipinski definition) is 0. The van der Waals surface area contributed by atoms with Crippen LogP contribution in [-0.2, 0) is 4.79 Å². The van der Waals surface area contributed by atoms with Crippen LogP contribution in [-0.4, -0.2) is 11.3 Å². The van der Waals surface area contributed by atoms with Gasteiger partial charge in [-0.1, -0.05) is 11.6 Å². The molecule has 1 rings (SSSR count). The molecule has 12 heavy (non-hydrogen) atoms. The Kier molecular flexibility index (Phi) is 2.75. The normalized spacial score (nSPS) is 9.17. The molecule has 62 valence electrons. The molecule has 0 saturated carbocycles. The third kappa shape index (κ3) is 1.78. The number of nitrogens with zero attached hydrogens (tertiary/aromatic N) is 1. The minimum Gasteiger partial charge on any atom is -0.298 e. The van der Waals surface area contributed by atoms with Crippen LogP contribution in [0.5, 0.6) is 0 Å². The van der Waals surface area contributed by atoms with Gasteiger partial charge in [0, 0.05) is 23.5 Å². The smallest absolute Gasteiger partial charge is 0.150 e. The molecular weight excluding hydrogens is 150 g/mol. The molecule has 0 spiro atoms. The fourth-order valence-corrected chi connectivity index (χ4v) is 0.997. The van der Waals surface area contributed by atoms with Gasteiger partial charge in [-0.05, 0) is 19.9 Å². The van der Waals surface area contributed by atoms with Crippen LogP contribution in [0.2, 0.25) is 0 Å². The van der Waals surface area contributed by atoms with Crippen LogP contribution in [0.25, 0.3) is 5.57 Å². The Hall–Kier alpha value is -1.44. The van der Waals surface area contributed by atoms with Crippen molar-refractivity contribution in [2.75, 3.05) is 0 Å². The molecule has 0 bridgehead atoms. The Balaban J connectivity index is 3.14. The molecule has 1 aromatic heterocycles. The molecule has 0 aliphatic carbocycles. The summed E-state index contributed by atoms with van der Waals surface area (Å²) in [6, 6.07) is 3.70. The lowest BCUT2D eigenvalue weighted by molar-refractivity contribution is -0.103. The molecule has 1 aromatic rings. The van der Waals surface area contributed by atoms with E-state index in [1.165, 1.54) is 0 Å². The number of aldehydes is 1. The lowest BCUT2D eigenvalue weighted by Gasteiger charge is -2.00. The molecule has 0 aliphatic rings. The molecule has 2 nitrogen and oxygen atoms in total. The molecular formula is C10H11NO. The molecule has 0 saturated heterocycles. The molecule has 0 unspecified atom stereocenters. The van der Waals surface area contributed by atoms with Crippen molar-refractivity contribution >= 4 is 11.9 Å². The van der Waals surface area contributed by atoms with Crippen molar-refractivity contribution < 1.29 is 4.79 Å². The van der Waals surface area contributed by atoms with E-state index in [4.69, 9.17) is 0 Å². The summed E-state index contributed by atoms with van der Waals surface area (Å²) in [4.78, 5) is 14.6. The second-order valence-electron chi connectivity index (χ2n) is 2.77. The second-order valence-corrected chi connectivity index (χ2v) is 2.77. The van der Waals surface area contributed by atoms with E-state index >= 15 is 0 Å². The summed E-state index contributed by atoms with van der Waals surface area (Å²) in [5.74, 6) is 0. The quantitative estimate of drug-likeness (QED) is 0.491. The maximum Gasteiger partial charge on any atom is 0.150 e. The van der Waals surface area contributed by atoms with Gasteiger partial charge in [0.15, 0.2) is 6.29 Å². The van der Waals surface area contributed by atoms with Gasteiger partial charge in [0.05, 0.1) is 0 Å². The van der Waals surface area contributed by atoms with Crippen LogP contribution >= 0.6 is 0 Å². The highest BCUT2D eigenvalue weighted by atomic mass is 16.1.